The standard InChI is InChI=1S/C18H20F2N2O/c1-12(15-8-9-16(19)17(20)10-15)21-11-18(23)22-13(2)14-6-4-3-5-7-14/h3-10,12-13,21H,11H2,1-2H3,(H,22,23)/p+1/t12-,13+/m0/s1. The molecule has 0 fully saturated rings. The lowest BCUT2D eigenvalue weighted by Crippen LogP contribution is -2.87. The van der Waals surface area contributed by atoms with Gasteiger partial charge in [-0.05, 0) is 37.6 Å². The van der Waals surface area contributed by atoms with E-state index in [1.165, 1.54) is 12.1 Å². The molecule has 2 rings (SSSR count). The van der Waals surface area contributed by atoms with Crippen molar-refractivity contribution < 1.29 is 18.9 Å². The minimum atomic E-state index is -0.870. The molecule has 0 heterocycles. The molecule has 2 aromatic carbocycles. The molecule has 1 amide bonds. The third kappa shape index (κ3) is 4.86. The van der Waals surface area contributed by atoms with Crippen LogP contribution in [0.2, 0.25) is 0 Å². The highest BCUT2D eigenvalue weighted by molar-refractivity contribution is 5.77. The summed E-state index contributed by atoms with van der Waals surface area (Å²) in [6, 6.07) is 13.3. The van der Waals surface area contributed by atoms with E-state index in [-0.39, 0.29) is 24.5 Å². The number of halogens is 2. The molecule has 0 saturated heterocycles. The van der Waals surface area contributed by atoms with Crippen LogP contribution in [-0.4, -0.2) is 12.5 Å². The number of quaternary nitrogens is 1. The first-order valence-electron chi connectivity index (χ1n) is 7.60. The Bertz CT molecular complexity index is 661. The van der Waals surface area contributed by atoms with Gasteiger partial charge in [-0.3, -0.25) is 4.79 Å². The summed E-state index contributed by atoms with van der Waals surface area (Å²) in [5.41, 5.74) is 1.68. The third-order valence-corrected chi connectivity index (χ3v) is 3.80. The molecule has 0 aliphatic carbocycles. The molecule has 0 unspecified atom stereocenters. The van der Waals surface area contributed by atoms with Crippen LogP contribution >= 0.6 is 0 Å². The number of amides is 1. The van der Waals surface area contributed by atoms with E-state index in [0.717, 1.165) is 11.6 Å². The number of nitrogens with one attached hydrogen (secondary N) is 1. The smallest absolute Gasteiger partial charge is 0.275 e. The molecule has 0 bridgehead atoms. The van der Waals surface area contributed by atoms with Crippen molar-refractivity contribution in [1.82, 2.24) is 5.32 Å². The van der Waals surface area contributed by atoms with Crippen molar-refractivity contribution in [3.8, 4) is 0 Å². The van der Waals surface area contributed by atoms with Gasteiger partial charge in [-0.1, -0.05) is 30.3 Å². The molecule has 0 radical (unpaired) electrons. The van der Waals surface area contributed by atoms with E-state index in [4.69, 9.17) is 0 Å². The Labute approximate surface area is 134 Å². The van der Waals surface area contributed by atoms with Crippen LogP contribution in [0.4, 0.5) is 8.78 Å². The van der Waals surface area contributed by atoms with Crippen molar-refractivity contribution in [3.05, 3.63) is 71.3 Å². The first-order chi connectivity index (χ1) is 11.0. The highest BCUT2D eigenvalue weighted by Gasteiger charge is 2.15. The second-order valence-corrected chi connectivity index (χ2v) is 5.60. The fourth-order valence-electron chi connectivity index (χ4n) is 2.34. The van der Waals surface area contributed by atoms with Crippen LogP contribution < -0.4 is 10.6 Å². The molecule has 2 atom stereocenters. The minimum absolute atomic E-state index is 0.0735. The van der Waals surface area contributed by atoms with Gasteiger partial charge in [-0.25, -0.2) is 8.78 Å². The first-order valence-corrected chi connectivity index (χ1v) is 7.60. The lowest BCUT2D eigenvalue weighted by atomic mass is 10.1. The zero-order chi connectivity index (χ0) is 16.8. The summed E-state index contributed by atoms with van der Waals surface area (Å²) in [6.07, 6.45) is 0. The Morgan fingerprint density at radius 3 is 2.39 bits per heavy atom. The molecule has 0 saturated carbocycles. The van der Waals surface area contributed by atoms with E-state index in [2.05, 4.69) is 5.32 Å². The maximum absolute atomic E-state index is 13.2. The van der Waals surface area contributed by atoms with Gasteiger partial charge in [0.05, 0.1) is 6.04 Å². The summed E-state index contributed by atoms with van der Waals surface area (Å²) in [4.78, 5) is 12.0. The van der Waals surface area contributed by atoms with E-state index >= 15 is 0 Å². The fraction of sp³-hybridized carbons (Fsp3) is 0.278. The zero-order valence-corrected chi connectivity index (χ0v) is 13.2. The quantitative estimate of drug-likeness (QED) is 0.844. The fourth-order valence-corrected chi connectivity index (χ4v) is 2.34. The molecule has 3 N–H and O–H groups in total. The summed E-state index contributed by atoms with van der Waals surface area (Å²) in [7, 11) is 0. The molecule has 0 aliphatic rings. The predicted molar refractivity (Wildman–Crippen MR) is 84.6 cm³/mol. The molecule has 0 spiro atoms. The van der Waals surface area contributed by atoms with E-state index in [1.807, 2.05) is 44.2 Å². The van der Waals surface area contributed by atoms with Crippen molar-refractivity contribution in [3.63, 3.8) is 0 Å². The summed E-state index contributed by atoms with van der Waals surface area (Å²) < 4.78 is 26.2. The zero-order valence-electron chi connectivity index (χ0n) is 13.2. The number of hydrogen-bond acceptors (Lipinski definition) is 1. The van der Waals surface area contributed by atoms with Gasteiger partial charge < -0.3 is 10.6 Å². The van der Waals surface area contributed by atoms with Crippen LogP contribution in [0, 0.1) is 11.6 Å². The number of nitrogens with two attached hydrogens (primary N) is 1. The Kier molecular flexibility index (Phi) is 5.82. The number of rotatable bonds is 6. The highest BCUT2D eigenvalue weighted by Crippen LogP contribution is 2.13. The van der Waals surface area contributed by atoms with Gasteiger partial charge in [0.25, 0.3) is 5.91 Å². The average molecular weight is 319 g/mol. The number of benzene rings is 2. The molecule has 23 heavy (non-hydrogen) atoms. The molecule has 5 heteroatoms. The topological polar surface area (TPSA) is 45.7 Å². The van der Waals surface area contributed by atoms with Gasteiger partial charge in [0.15, 0.2) is 18.2 Å². The highest BCUT2D eigenvalue weighted by atomic mass is 19.2. The molecule has 122 valence electrons. The molecule has 2 aromatic rings. The van der Waals surface area contributed by atoms with Crippen LogP contribution in [0.25, 0.3) is 0 Å². The van der Waals surface area contributed by atoms with Crippen LogP contribution in [-0.2, 0) is 4.79 Å². The SMILES string of the molecule is C[C@H]([NH2+]CC(=O)N[C@H](C)c1ccccc1)c1ccc(F)c(F)c1. The molecular weight excluding hydrogens is 298 g/mol. The molecular formula is C18H21F2N2O+. The summed E-state index contributed by atoms with van der Waals surface area (Å²) in [6.45, 7) is 3.99. The Morgan fingerprint density at radius 1 is 1.04 bits per heavy atom. The second kappa shape index (κ2) is 7.83. The first kappa shape index (κ1) is 17.1. The third-order valence-electron chi connectivity index (χ3n) is 3.80. The minimum Gasteiger partial charge on any atom is -0.345 e. The largest absolute Gasteiger partial charge is 0.345 e. The van der Waals surface area contributed by atoms with Crippen LogP contribution in [0.1, 0.15) is 37.1 Å². The van der Waals surface area contributed by atoms with Gasteiger partial charge >= 0.3 is 0 Å². The number of carbonyl (C=O) groups excluding carboxylic acids is 1. The lowest BCUT2D eigenvalue weighted by Gasteiger charge is -2.15. The lowest BCUT2D eigenvalue weighted by molar-refractivity contribution is -0.682. The van der Waals surface area contributed by atoms with Crippen molar-refractivity contribution in [2.45, 2.75) is 25.9 Å². The Hall–Kier alpha value is -2.27. The van der Waals surface area contributed by atoms with Crippen LogP contribution in [0.3, 0.4) is 0 Å². The van der Waals surface area contributed by atoms with Gasteiger partial charge in [-0.2, -0.15) is 0 Å². The van der Waals surface area contributed by atoms with Crippen molar-refractivity contribution >= 4 is 5.91 Å². The summed E-state index contributed by atoms with van der Waals surface area (Å²) in [5.74, 6) is -1.84. The maximum Gasteiger partial charge on any atom is 0.275 e. The van der Waals surface area contributed by atoms with Gasteiger partial charge in [0.1, 0.15) is 6.04 Å². The van der Waals surface area contributed by atoms with Gasteiger partial charge in [0.2, 0.25) is 0 Å². The second-order valence-electron chi connectivity index (χ2n) is 5.60. The summed E-state index contributed by atoms with van der Waals surface area (Å²) >= 11 is 0. The Balaban J connectivity index is 1.85. The van der Waals surface area contributed by atoms with Crippen molar-refractivity contribution in [2.75, 3.05) is 6.54 Å². The van der Waals surface area contributed by atoms with Gasteiger partial charge in [0, 0.05) is 5.56 Å². The molecule has 0 aromatic heterocycles. The van der Waals surface area contributed by atoms with Crippen molar-refractivity contribution in [2.24, 2.45) is 0 Å². The van der Waals surface area contributed by atoms with Crippen LogP contribution in [0.5, 0.6) is 0 Å². The number of hydrogen-bond donors (Lipinski definition) is 2. The van der Waals surface area contributed by atoms with E-state index in [9.17, 15) is 13.6 Å². The monoisotopic (exact) mass is 319 g/mol. The van der Waals surface area contributed by atoms with Crippen LogP contribution in [0.15, 0.2) is 48.5 Å². The Morgan fingerprint density at radius 2 is 1.74 bits per heavy atom. The van der Waals surface area contributed by atoms with E-state index in [0.29, 0.717) is 5.56 Å². The molecule has 3 nitrogen and oxygen atoms in total. The normalized spacial score (nSPS) is 13.4. The van der Waals surface area contributed by atoms with Crippen molar-refractivity contribution in [1.29, 1.82) is 0 Å². The average Bonchev–Trinajstić information content (AvgIpc) is 2.56. The number of carbonyl (C=O) groups is 1. The predicted octanol–water partition coefficient (Wildman–Crippen LogP) is 2.47. The molecule has 0 aliphatic heterocycles. The van der Waals surface area contributed by atoms with E-state index < -0.39 is 11.6 Å². The van der Waals surface area contributed by atoms with E-state index in [1.54, 1.807) is 5.32 Å². The van der Waals surface area contributed by atoms with Gasteiger partial charge in [-0.15, -0.1) is 0 Å². The maximum atomic E-state index is 13.2. The summed E-state index contributed by atoms with van der Waals surface area (Å²) in [5, 5.41) is 4.71.